The SMILES string of the molecule is Nc1ccc(C(F)(F)F)cc1C=CCNC(=O)OCC1c2ccccc2-c2ccccc21. The number of amides is 1. The number of nitrogen functional groups attached to an aromatic ring is 1. The molecule has 0 unspecified atom stereocenters. The van der Waals surface area contributed by atoms with Crippen molar-refractivity contribution in [3.8, 4) is 11.1 Å². The van der Waals surface area contributed by atoms with Gasteiger partial charge in [0.2, 0.25) is 0 Å². The van der Waals surface area contributed by atoms with Gasteiger partial charge in [-0.25, -0.2) is 4.79 Å². The molecule has 3 aromatic rings. The number of rotatable bonds is 5. The first-order chi connectivity index (χ1) is 15.3. The number of hydrogen-bond donors (Lipinski definition) is 2. The van der Waals surface area contributed by atoms with Crippen LogP contribution in [-0.2, 0) is 10.9 Å². The Hall–Kier alpha value is -3.74. The fourth-order valence-electron chi connectivity index (χ4n) is 3.87. The number of hydrogen-bond acceptors (Lipinski definition) is 3. The molecule has 0 aliphatic heterocycles. The molecule has 0 radical (unpaired) electrons. The van der Waals surface area contributed by atoms with Gasteiger partial charge in [0.05, 0.1) is 5.56 Å². The highest BCUT2D eigenvalue weighted by Crippen LogP contribution is 2.44. The summed E-state index contributed by atoms with van der Waals surface area (Å²) in [7, 11) is 0. The van der Waals surface area contributed by atoms with E-state index in [1.807, 2.05) is 36.4 Å². The largest absolute Gasteiger partial charge is 0.449 e. The quantitative estimate of drug-likeness (QED) is 0.492. The predicted molar refractivity (Wildman–Crippen MR) is 118 cm³/mol. The molecule has 3 N–H and O–H groups in total. The van der Waals surface area contributed by atoms with Gasteiger partial charge in [-0.05, 0) is 46.0 Å². The van der Waals surface area contributed by atoms with Crippen LogP contribution in [0.3, 0.4) is 0 Å². The van der Waals surface area contributed by atoms with Crippen molar-refractivity contribution >= 4 is 17.9 Å². The number of nitrogens with two attached hydrogens (primary N) is 1. The molecule has 1 aliphatic carbocycles. The van der Waals surface area contributed by atoms with E-state index in [0.29, 0.717) is 0 Å². The van der Waals surface area contributed by atoms with Crippen molar-refractivity contribution in [2.75, 3.05) is 18.9 Å². The van der Waals surface area contributed by atoms with E-state index in [2.05, 4.69) is 17.4 Å². The van der Waals surface area contributed by atoms with Gasteiger partial charge in [0, 0.05) is 18.2 Å². The summed E-state index contributed by atoms with van der Waals surface area (Å²) in [5.74, 6) is -0.0476. The van der Waals surface area contributed by atoms with E-state index in [0.717, 1.165) is 34.4 Å². The van der Waals surface area contributed by atoms with Gasteiger partial charge < -0.3 is 15.8 Å². The van der Waals surface area contributed by atoms with E-state index in [1.165, 1.54) is 18.2 Å². The highest BCUT2D eigenvalue weighted by molar-refractivity contribution is 5.79. The lowest BCUT2D eigenvalue weighted by molar-refractivity contribution is -0.137. The van der Waals surface area contributed by atoms with Crippen LogP contribution in [0.1, 0.15) is 28.2 Å². The number of fused-ring (bicyclic) bond motifs is 3. The Morgan fingerprint density at radius 2 is 1.62 bits per heavy atom. The third kappa shape index (κ3) is 4.46. The number of alkyl carbamates (subject to hydrolysis) is 1. The van der Waals surface area contributed by atoms with Crippen LogP contribution in [0.15, 0.2) is 72.8 Å². The average Bonchev–Trinajstić information content (AvgIpc) is 3.09. The summed E-state index contributed by atoms with van der Waals surface area (Å²) in [6.07, 6.45) is -2.09. The van der Waals surface area contributed by atoms with E-state index in [4.69, 9.17) is 10.5 Å². The van der Waals surface area contributed by atoms with Crippen LogP contribution in [0.2, 0.25) is 0 Å². The van der Waals surface area contributed by atoms with E-state index >= 15 is 0 Å². The number of ether oxygens (including phenoxy) is 1. The zero-order valence-corrected chi connectivity index (χ0v) is 17.0. The van der Waals surface area contributed by atoms with Crippen molar-refractivity contribution < 1.29 is 22.7 Å². The molecule has 4 nitrogen and oxygen atoms in total. The van der Waals surface area contributed by atoms with Crippen molar-refractivity contribution in [3.63, 3.8) is 0 Å². The fourth-order valence-corrected chi connectivity index (χ4v) is 3.87. The van der Waals surface area contributed by atoms with E-state index in [9.17, 15) is 18.0 Å². The summed E-state index contributed by atoms with van der Waals surface area (Å²) >= 11 is 0. The predicted octanol–water partition coefficient (Wildman–Crippen LogP) is 5.84. The second-order valence-electron chi connectivity index (χ2n) is 7.45. The molecule has 0 bridgehead atoms. The normalized spacial score (nSPS) is 13.1. The van der Waals surface area contributed by atoms with Crippen LogP contribution < -0.4 is 11.1 Å². The maximum absolute atomic E-state index is 12.9. The third-order valence-electron chi connectivity index (χ3n) is 5.42. The molecule has 0 fully saturated rings. The second kappa shape index (κ2) is 8.78. The van der Waals surface area contributed by atoms with Gasteiger partial charge in [-0.15, -0.1) is 0 Å². The number of anilines is 1. The molecule has 7 heteroatoms. The number of carbonyl (C=O) groups excluding carboxylic acids is 1. The van der Waals surface area contributed by atoms with Crippen molar-refractivity contribution in [2.24, 2.45) is 0 Å². The molecule has 4 rings (SSSR count). The lowest BCUT2D eigenvalue weighted by Crippen LogP contribution is -2.26. The van der Waals surface area contributed by atoms with Crippen LogP contribution in [0.4, 0.5) is 23.7 Å². The Bertz CT molecular complexity index is 1130. The molecule has 32 heavy (non-hydrogen) atoms. The summed E-state index contributed by atoms with van der Waals surface area (Å²) < 4.78 is 44.0. The number of benzene rings is 3. The minimum atomic E-state index is -4.45. The maximum atomic E-state index is 12.9. The summed E-state index contributed by atoms with van der Waals surface area (Å²) in [4.78, 5) is 12.1. The highest BCUT2D eigenvalue weighted by atomic mass is 19.4. The van der Waals surface area contributed by atoms with Crippen molar-refractivity contribution in [2.45, 2.75) is 12.1 Å². The molecule has 164 valence electrons. The first kappa shape index (κ1) is 21.5. The van der Waals surface area contributed by atoms with E-state index in [-0.39, 0.29) is 30.3 Å². The summed E-state index contributed by atoms with van der Waals surface area (Å²) in [5, 5.41) is 2.58. The third-order valence-corrected chi connectivity index (χ3v) is 5.42. The molecule has 0 spiro atoms. The van der Waals surface area contributed by atoms with E-state index < -0.39 is 17.8 Å². The van der Waals surface area contributed by atoms with Gasteiger partial charge in [-0.1, -0.05) is 60.7 Å². The number of carbonyl (C=O) groups is 1. The van der Waals surface area contributed by atoms with Crippen LogP contribution in [0, 0.1) is 0 Å². The molecule has 1 aliphatic rings. The standard InChI is InChI=1S/C25H21F3N2O2/c26-25(27,28)17-11-12-23(29)16(14-17)6-5-13-30-24(31)32-15-22-20-9-3-1-7-18(20)19-8-2-4-10-21(19)22/h1-12,14,22H,13,15,29H2,(H,30,31). The molecular formula is C25H21F3N2O2. The smallest absolute Gasteiger partial charge is 0.416 e. The lowest BCUT2D eigenvalue weighted by Gasteiger charge is -2.14. The molecule has 0 aromatic heterocycles. The van der Waals surface area contributed by atoms with Crippen LogP contribution in [0.25, 0.3) is 17.2 Å². The number of halogens is 3. The monoisotopic (exact) mass is 438 g/mol. The average molecular weight is 438 g/mol. The van der Waals surface area contributed by atoms with E-state index in [1.54, 1.807) is 0 Å². The molecule has 0 atom stereocenters. The minimum Gasteiger partial charge on any atom is -0.449 e. The zero-order chi connectivity index (χ0) is 22.7. The number of alkyl halides is 3. The maximum Gasteiger partial charge on any atom is 0.416 e. The van der Waals surface area contributed by atoms with Crippen LogP contribution >= 0.6 is 0 Å². The van der Waals surface area contributed by atoms with Gasteiger partial charge >= 0.3 is 12.3 Å². The lowest BCUT2D eigenvalue weighted by atomic mass is 9.98. The van der Waals surface area contributed by atoms with Crippen LogP contribution in [0.5, 0.6) is 0 Å². The van der Waals surface area contributed by atoms with Gasteiger partial charge in [-0.2, -0.15) is 13.2 Å². The van der Waals surface area contributed by atoms with Crippen LogP contribution in [-0.4, -0.2) is 19.2 Å². The molecular weight excluding hydrogens is 417 g/mol. The Morgan fingerprint density at radius 3 is 2.25 bits per heavy atom. The topological polar surface area (TPSA) is 64.3 Å². The van der Waals surface area contributed by atoms with Gasteiger partial charge in [0.1, 0.15) is 6.61 Å². The first-order valence-corrected chi connectivity index (χ1v) is 10.1. The molecule has 0 heterocycles. The number of nitrogens with one attached hydrogen (secondary N) is 1. The summed E-state index contributed by atoms with van der Waals surface area (Å²) in [6, 6.07) is 19.2. The first-order valence-electron chi connectivity index (χ1n) is 10.1. The minimum absolute atomic E-state index is 0.0476. The Labute approximate surface area is 183 Å². The Kier molecular flexibility index (Phi) is 5.90. The highest BCUT2D eigenvalue weighted by Gasteiger charge is 2.31. The van der Waals surface area contributed by atoms with Crippen molar-refractivity contribution in [1.82, 2.24) is 5.32 Å². The van der Waals surface area contributed by atoms with Crippen molar-refractivity contribution in [3.05, 3.63) is 95.1 Å². The second-order valence-corrected chi connectivity index (χ2v) is 7.45. The van der Waals surface area contributed by atoms with Gasteiger partial charge in [-0.3, -0.25) is 0 Å². The molecule has 0 saturated carbocycles. The molecule has 1 amide bonds. The van der Waals surface area contributed by atoms with Gasteiger partial charge in [0.15, 0.2) is 0 Å². The Morgan fingerprint density at radius 1 is 1.00 bits per heavy atom. The van der Waals surface area contributed by atoms with Gasteiger partial charge in [0.25, 0.3) is 0 Å². The van der Waals surface area contributed by atoms with Crippen molar-refractivity contribution in [1.29, 1.82) is 0 Å². The molecule has 0 saturated heterocycles. The molecule has 3 aromatic carbocycles. The summed E-state index contributed by atoms with van der Waals surface area (Å²) in [5.41, 5.74) is 9.91. The Balaban J connectivity index is 1.34. The fraction of sp³-hybridized carbons (Fsp3) is 0.160. The summed E-state index contributed by atoms with van der Waals surface area (Å²) in [6.45, 7) is 0.274. The zero-order valence-electron chi connectivity index (χ0n) is 17.0.